The fourth-order valence-corrected chi connectivity index (χ4v) is 2.77. The van der Waals surface area contributed by atoms with Crippen LogP contribution < -0.4 is 5.73 Å². The number of aromatic amines is 1. The van der Waals surface area contributed by atoms with Crippen molar-refractivity contribution in [3.05, 3.63) is 53.1 Å². The summed E-state index contributed by atoms with van der Waals surface area (Å²) in [6.45, 7) is 0. The van der Waals surface area contributed by atoms with E-state index in [-0.39, 0.29) is 0 Å². The molecule has 0 amide bonds. The lowest BCUT2D eigenvalue weighted by Gasteiger charge is -1.98. The van der Waals surface area contributed by atoms with Gasteiger partial charge in [0, 0.05) is 16.5 Å². The third-order valence-corrected chi connectivity index (χ3v) is 3.97. The lowest BCUT2D eigenvalue weighted by molar-refractivity contribution is 1.08. The minimum Gasteiger partial charge on any atom is -0.399 e. The van der Waals surface area contributed by atoms with Crippen molar-refractivity contribution in [1.82, 2.24) is 9.97 Å². The lowest BCUT2D eigenvalue weighted by Crippen LogP contribution is -1.82. The zero-order chi connectivity index (χ0) is 13.2. The number of H-pyrrole nitrogens is 1. The largest absolute Gasteiger partial charge is 0.399 e. The maximum atomic E-state index is 5.86. The van der Waals surface area contributed by atoms with Crippen LogP contribution >= 0.6 is 23.4 Å². The molecule has 0 aliphatic heterocycles. The summed E-state index contributed by atoms with van der Waals surface area (Å²) >= 11 is 7.52. The molecule has 96 valence electrons. The van der Waals surface area contributed by atoms with Crippen molar-refractivity contribution in [3.8, 4) is 0 Å². The SMILES string of the molecule is Nc1ccc2nc(SCc3ccc(Cl)cc3)[nH]c2c1. The molecule has 2 aromatic carbocycles. The summed E-state index contributed by atoms with van der Waals surface area (Å²) in [5.41, 5.74) is 9.61. The van der Waals surface area contributed by atoms with E-state index in [0.29, 0.717) is 0 Å². The minimum atomic E-state index is 0.741. The fraction of sp³-hybridized carbons (Fsp3) is 0.0714. The predicted molar refractivity (Wildman–Crippen MR) is 81.5 cm³/mol. The molecule has 0 atom stereocenters. The van der Waals surface area contributed by atoms with E-state index in [4.69, 9.17) is 17.3 Å². The van der Waals surface area contributed by atoms with Crippen molar-refractivity contribution in [1.29, 1.82) is 0 Å². The molecule has 0 aliphatic carbocycles. The maximum absolute atomic E-state index is 5.86. The Balaban J connectivity index is 1.76. The number of hydrogen-bond donors (Lipinski definition) is 2. The molecule has 5 heteroatoms. The molecule has 3 rings (SSSR count). The molecular formula is C14H12ClN3S. The highest BCUT2D eigenvalue weighted by Gasteiger charge is 2.04. The van der Waals surface area contributed by atoms with E-state index >= 15 is 0 Å². The highest BCUT2D eigenvalue weighted by Crippen LogP contribution is 2.24. The number of benzene rings is 2. The second-order valence-corrected chi connectivity index (χ2v) is 5.63. The summed E-state index contributed by atoms with van der Waals surface area (Å²) in [4.78, 5) is 7.78. The van der Waals surface area contributed by atoms with Gasteiger partial charge in [-0.2, -0.15) is 0 Å². The van der Waals surface area contributed by atoms with E-state index in [2.05, 4.69) is 9.97 Å². The molecule has 0 unspecified atom stereocenters. The smallest absolute Gasteiger partial charge is 0.166 e. The zero-order valence-electron chi connectivity index (χ0n) is 10.1. The number of anilines is 1. The fourth-order valence-electron chi connectivity index (χ4n) is 1.80. The van der Waals surface area contributed by atoms with E-state index < -0.39 is 0 Å². The molecule has 19 heavy (non-hydrogen) atoms. The third-order valence-electron chi connectivity index (χ3n) is 2.77. The highest BCUT2D eigenvalue weighted by molar-refractivity contribution is 7.98. The first-order valence-electron chi connectivity index (χ1n) is 5.83. The minimum absolute atomic E-state index is 0.741. The number of thioether (sulfide) groups is 1. The van der Waals surface area contributed by atoms with Gasteiger partial charge in [-0.1, -0.05) is 35.5 Å². The molecule has 1 aromatic heterocycles. The van der Waals surface area contributed by atoms with Gasteiger partial charge in [-0.05, 0) is 35.9 Å². The van der Waals surface area contributed by atoms with Crippen molar-refractivity contribution >= 4 is 40.1 Å². The molecule has 0 saturated carbocycles. The number of hydrogen-bond acceptors (Lipinski definition) is 3. The topological polar surface area (TPSA) is 54.7 Å². The second-order valence-electron chi connectivity index (χ2n) is 4.23. The predicted octanol–water partition coefficient (Wildman–Crippen LogP) is 4.09. The summed E-state index contributed by atoms with van der Waals surface area (Å²) in [7, 11) is 0. The standard InChI is InChI=1S/C14H12ClN3S/c15-10-3-1-9(2-4-10)8-19-14-17-12-6-5-11(16)7-13(12)18-14/h1-7H,8,16H2,(H,17,18). The number of rotatable bonds is 3. The van der Waals surface area contributed by atoms with Crippen LogP contribution in [0.15, 0.2) is 47.6 Å². The van der Waals surface area contributed by atoms with E-state index in [0.717, 1.165) is 32.7 Å². The molecule has 3 nitrogen and oxygen atoms in total. The Kier molecular flexibility index (Phi) is 3.36. The van der Waals surface area contributed by atoms with Gasteiger partial charge in [0.1, 0.15) is 0 Å². The van der Waals surface area contributed by atoms with Crippen molar-refractivity contribution < 1.29 is 0 Å². The average Bonchev–Trinajstić information content (AvgIpc) is 2.80. The average molecular weight is 290 g/mol. The Bertz CT molecular complexity index is 706. The lowest BCUT2D eigenvalue weighted by atomic mass is 10.2. The van der Waals surface area contributed by atoms with Gasteiger partial charge in [-0.25, -0.2) is 4.98 Å². The molecular weight excluding hydrogens is 278 g/mol. The third kappa shape index (κ3) is 2.85. The number of nitrogen functional groups attached to an aromatic ring is 1. The van der Waals surface area contributed by atoms with E-state index in [9.17, 15) is 0 Å². The maximum Gasteiger partial charge on any atom is 0.166 e. The molecule has 0 radical (unpaired) electrons. The molecule has 0 aliphatic rings. The van der Waals surface area contributed by atoms with Gasteiger partial charge in [0.15, 0.2) is 5.16 Å². The number of nitrogens with two attached hydrogens (primary N) is 1. The van der Waals surface area contributed by atoms with E-state index in [1.165, 1.54) is 5.56 Å². The van der Waals surface area contributed by atoms with Crippen LogP contribution in [0.3, 0.4) is 0 Å². The van der Waals surface area contributed by atoms with E-state index in [1.54, 1.807) is 11.8 Å². The van der Waals surface area contributed by atoms with Crippen LogP contribution in [0.4, 0.5) is 5.69 Å². The van der Waals surface area contributed by atoms with Crippen molar-refractivity contribution in [3.63, 3.8) is 0 Å². The first-order chi connectivity index (χ1) is 9.20. The first-order valence-corrected chi connectivity index (χ1v) is 7.19. The monoisotopic (exact) mass is 289 g/mol. The van der Waals surface area contributed by atoms with Gasteiger partial charge in [0.25, 0.3) is 0 Å². The van der Waals surface area contributed by atoms with Crippen LogP contribution in [-0.2, 0) is 5.75 Å². The Hall–Kier alpha value is -1.65. The summed E-state index contributed by atoms with van der Waals surface area (Å²) in [5, 5.41) is 1.66. The van der Waals surface area contributed by atoms with Crippen LogP contribution in [0, 0.1) is 0 Å². The first kappa shape index (κ1) is 12.4. The van der Waals surface area contributed by atoms with Gasteiger partial charge >= 0.3 is 0 Å². The molecule has 1 heterocycles. The zero-order valence-corrected chi connectivity index (χ0v) is 11.6. The Morgan fingerprint density at radius 2 is 1.95 bits per heavy atom. The highest BCUT2D eigenvalue weighted by atomic mass is 35.5. The number of halogens is 1. The molecule has 3 N–H and O–H groups in total. The number of nitrogens with zero attached hydrogens (tertiary/aromatic N) is 1. The van der Waals surface area contributed by atoms with Gasteiger partial charge in [0.2, 0.25) is 0 Å². The van der Waals surface area contributed by atoms with Gasteiger partial charge in [0.05, 0.1) is 11.0 Å². The number of imidazole rings is 1. The number of fused-ring (bicyclic) bond motifs is 1. The van der Waals surface area contributed by atoms with Crippen LogP contribution in [0.2, 0.25) is 5.02 Å². The quantitative estimate of drug-likeness (QED) is 0.564. The summed E-state index contributed by atoms with van der Waals surface area (Å²) in [6, 6.07) is 13.5. The molecule has 3 aromatic rings. The van der Waals surface area contributed by atoms with Gasteiger partial charge < -0.3 is 10.7 Å². The Labute approximate surface area is 120 Å². The molecule has 0 saturated heterocycles. The second kappa shape index (κ2) is 5.15. The molecule has 0 spiro atoms. The van der Waals surface area contributed by atoms with Gasteiger partial charge in [-0.3, -0.25) is 0 Å². The summed E-state index contributed by atoms with van der Waals surface area (Å²) in [6.07, 6.45) is 0. The Morgan fingerprint density at radius 3 is 2.74 bits per heavy atom. The summed E-state index contributed by atoms with van der Waals surface area (Å²) in [5.74, 6) is 0.854. The van der Waals surface area contributed by atoms with Crippen LogP contribution in [0.5, 0.6) is 0 Å². The van der Waals surface area contributed by atoms with Crippen molar-refractivity contribution in [2.45, 2.75) is 10.9 Å². The molecule has 0 fully saturated rings. The Morgan fingerprint density at radius 1 is 1.16 bits per heavy atom. The van der Waals surface area contributed by atoms with E-state index in [1.807, 2.05) is 42.5 Å². The van der Waals surface area contributed by atoms with Crippen LogP contribution in [0.1, 0.15) is 5.56 Å². The van der Waals surface area contributed by atoms with Crippen LogP contribution in [0.25, 0.3) is 11.0 Å². The number of nitrogens with one attached hydrogen (secondary N) is 1. The summed E-state index contributed by atoms with van der Waals surface area (Å²) < 4.78 is 0. The van der Waals surface area contributed by atoms with Crippen molar-refractivity contribution in [2.24, 2.45) is 0 Å². The number of aromatic nitrogens is 2. The normalized spacial score (nSPS) is 11.0. The van der Waals surface area contributed by atoms with Crippen molar-refractivity contribution in [2.75, 3.05) is 5.73 Å². The van der Waals surface area contributed by atoms with Crippen LogP contribution in [-0.4, -0.2) is 9.97 Å². The van der Waals surface area contributed by atoms with Gasteiger partial charge in [-0.15, -0.1) is 0 Å². The molecule has 0 bridgehead atoms.